The van der Waals surface area contributed by atoms with Gasteiger partial charge in [0, 0.05) is 19.0 Å². The molecule has 1 fully saturated rings. The van der Waals surface area contributed by atoms with Crippen molar-refractivity contribution in [3.8, 4) is 0 Å². The Labute approximate surface area is 130 Å². The van der Waals surface area contributed by atoms with Gasteiger partial charge in [-0.2, -0.15) is 0 Å². The van der Waals surface area contributed by atoms with Gasteiger partial charge in [0.1, 0.15) is 5.82 Å². The molecule has 1 aromatic heterocycles. The van der Waals surface area contributed by atoms with Crippen LogP contribution in [-0.2, 0) is 17.8 Å². The number of hydrogen-bond acceptors (Lipinski definition) is 3. The van der Waals surface area contributed by atoms with E-state index in [0.717, 1.165) is 49.2 Å². The van der Waals surface area contributed by atoms with Crippen LogP contribution < -0.4 is 5.32 Å². The Morgan fingerprint density at radius 2 is 2.36 bits per heavy atom. The second-order valence-electron chi connectivity index (χ2n) is 5.99. The lowest BCUT2D eigenvalue weighted by Crippen LogP contribution is -2.30. The van der Waals surface area contributed by atoms with Crippen molar-refractivity contribution < 1.29 is 9.90 Å². The molecule has 0 saturated carbocycles. The molecule has 2 aromatic rings. The highest BCUT2D eigenvalue weighted by atomic mass is 16.4. The Balaban J connectivity index is 2.02. The second kappa shape index (κ2) is 6.48. The number of nitrogens with one attached hydrogen (secondary N) is 1. The van der Waals surface area contributed by atoms with Crippen LogP contribution in [0, 0.1) is 0 Å². The maximum atomic E-state index is 11.0. The Bertz CT molecular complexity index is 672. The molecule has 1 unspecified atom stereocenters. The normalized spacial score (nSPS) is 18.7. The van der Waals surface area contributed by atoms with Crippen LogP contribution in [0.3, 0.4) is 0 Å². The highest BCUT2D eigenvalue weighted by Crippen LogP contribution is 2.27. The van der Waals surface area contributed by atoms with Crippen molar-refractivity contribution >= 4 is 17.0 Å². The van der Waals surface area contributed by atoms with E-state index < -0.39 is 5.97 Å². The molecule has 1 aliphatic heterocycles. The van der Waals surface area contributed by atoms with Crippen LogP contribution in [0.4, 0.5) is 0 Å². The van der Waals surface area contributed by atoms with E-state index >= 15 is 0 Å². The molecule has 118 valence electrons. The first kappa shape index (κ1) is 15.0. The lowest BCUT2D eigenvalue weighted by Gasteiger charge is -2.23. The maximum Gasteiger partial charge on any atom is 0.305 e. The molecule has 1 aromatic carbocycles. The van der Waals surface area contributed by atoms with Crippen LogP contribution in [0.25, 0.3) is 11.0 Å². The van der Waals surface area contributed by atoms with Gasteiger partial charge < -0.3 is 15.0 Å². The zero-order valence-electron chi connectivity index (χ0n) is 13.0. The summed E-state index contributed by atoms with van der Waals surface area (Å²) in [4.78, 5) is 15.8. The molecule has 5 nitrogen and oxygen atoms in total. The lowest BCUT2D eigenvalue weighted by molar-refractivity contribution is -0.137. The summed E-state index contributed by atoms with van der Waals surface area (Å²) < 4.78 is 2.11. The number of imidazole rings is 1. The van der Waals surface area contributed by atoms with Gasteiger partial charge >= 0.3 is 5.97 Å². The summed E-state index contributed by atoms with van der Waals surface area (Å²) in [6.45, 7) is 4.61. The summed E-state index contributed by atoms with van der Waals surface area (Å²) in [5.74, 6) is 0.650. The molecule has 0 aliphatic carbocycles. The summed E-state index contributed by atoms with van der Waals surface area (Å²) in [6.07, 6.45) is 3.38. The minimum absolute atomic E-state index is 0.133. The molecule has 5 heteroatoms. The van der Waals surface area contributed by atoms with E-state index in [1.807, 2.05) is 0 Å². The summed E-state index contributed by atoms with van der Waals surface area (Å²) in [5.41, 5.74) is 3.31. The van der Waals surface area contributed by atoms with Gasteiger partial charge in [-0.1, -0.05) is 13.0 Å². The molecule has 22 heavy (non-hydrogen) atoms. The molecule has 0 bridgehead atoms. The second-order valence-corrected chi connectivity index (χ2v) is 5.99. The number of carbonyl (C=O) groups is 1. The van der Waals surface area contributed by atoms with Gasteiger partial charge in [-0.15, -0.1) is 0 Å². The number of aromatic nitrogens is 2. The number of aliphatic carboxylic acids is 1. The van der Waals surface area contributed by atoms with E-state index in [-0.39, 0.29) is 6.42 Å². The molecule has 2 heterocycles. The SMILES string of the molecule is CCc1ccc2c(c1)nc(C1CCCNC1)n2CCC(=O)O. The Kier molecular flexibility index (Phi) is 4.43. The minimum Gasteiger partial charge on any atom is -0.481 e. The Morgan fingerprint density at radius 1 is 1.50 bits per heavy atom. The number of hydrogen-bond donors (Lipinski definition) is 2. The summed E-state index contributed by atoms with van der Waals surface area (Å²) in [5, 5.41) is 12.4. The molecule has 1 atom stereocenters. The number of carboxylic acids is 1. The third-order valence-corrected chi connectivity index (χ3v) is 4.46. The summed E-state index contributed by atoms with van der Waals surface area (Å²) in [6, 6.07) is 6.33. The smallest absolute Gasteiger partial charge is 0.305 e. The van der Waals surface area contributed by atoms with Crippen molar-refractivity contribution in [2.24, 2.45) is 0 Å². The zero-order valence-corrected chi connectivity index (χ0v) is 13.0. The number of nitrogens with zero attached hydrogens (tertiary/aromatic N) is 2. The fourth-order valence-electron chi connectivity index (χ4n) is 3.24. The van der Waals surface area contributed by atoms with Crippen molar-refractivity contribution in [3.05, 3.63) is 29.6 Å². The van der Waals surface area contributed by atoms with Crippen LogP contribution in [0.2, 0.25) is 0 Å². The average Bonchev–Trinajstić information content (AvgIpc) is 2.91. The largest absolute Gasteiger partial charge is 0.481 e. The number of rotatable bonds is 5. The number of carboxylic acid groups (broad SMARTS) is 1. The van der Waals surface area contributed by atoms with E-state index in [9.17, 15) is 4.79 Å². The molecular weight excluding hydrogens is 278 g/mol. The van der Waals surface area contributed by atoms with Crippen LogP contribution in [0.15, 0.2) is 18.2 Å². The summed E-state index contributed by atoms with van der Waals surface area (Å²) >= 11 is 0. The molecule has 1 saturated heterocycles. The quantitative estimate of drug-likeness (QED) is 0.890. The van der Waals surface area contributed by atoms with E-state index in [4.69, 9.17) is 10.1 Å². The zero-order chi connectivity index (χ0) is 15.5. The van der Waals surface area contributed by atoms with Gasteiger partial charge in [0.15, 0.2) is 0 Å². The summed E-state index contributed by atoms with van der Waals surface area (Å²) in [7, 11) is 0. The van der Waals surface area contributed by atoms with E-state index in [2.05, 4.69) is 35.0 Å². The maximum absolute atomic E-state index is 11.0. The van der Waals surface area contributed by atoms with Gasteiger partial charge in [-0.3, -0.25) is 4.79 Å². The monoisotopic (exact) mass is 301 g/mol. The number of benzene rings is 1. The highest BCUT2D eigenvalue weighted by molar-refractivity contribution is 5.77. The van der Waals surface area contributed by atoms with Gasteiger partial charge in [0.2, 0.25) is 0 Å². The Hall–Kier alpha value is -1.88. The standard InChI is InChI=1S/C17H23N3O2/c1-2-12-5-6-15-14(10-12)19-17(13-4-3-8-18-11-13)20(15)9-7-16(21)22/h5-6,10,13,18H,2-4,7-9,11H2,1H3,(H,21,22). The lowest BCUT2D eigenvalue weighted by atomic mass is 9.99. The molecule has 0 radical (unpaired) electrons. The Morgan fingerprint density at radius 3 is 3.05 bits per heavy atom. The van der Waals surface area contributed by atoms with Crippen molar-refractivity contribution in [2.45, 2.75) is 45.1 Å². The van der Waals surface area contributed by atoms with Gasteiger partial charge in [-0.25, -0.2) is 4.98 Å². The van der Waals surface area contributed by atoms with Crippen molar-refractivity contribution in [2.75, 3.05) is 13.1 Å². The van der Waals surface area contributed by atoms with Crippen LogP contribution in [0.5, 0.6) is 0 Å². The first-order valence-electron chi connectivity index (χ1n) is 8.10. The average molecular weight is 301 g/mol. The number of fused-ring (bicyclic) bond motifs is 1. The number of aryl methyl sites for hydroxylation is 2. The molecule has 0 spiro atoms. The molecule has 0 amide bonds. The number of piperidine rings is 1. The third-order valence-electron chi connectivity index (χ3n) is 4.46. The first-order chi connectivity index (χ1) is 10.7. The van der Waals surface area contributed by atoms with Crippen molar-refractivity contribution in [1.29, 1.82) is 0 Å². The van der Waals surface area contributed by atoms with Crippen LogP contribution >= 0.6 is 0 Å². The van der Waals surface area contributed by atoms with Gasteiger partial charge in [0.25, 0.3) is 0 Å². The van der Waals surface area contributed by atoms with Gasteiger partial charge in [-0.05, 0) is 43.5 Å². The van der Waals surface area contributed by atoms with Crippen LogP contribution in [0.1, 0.15) is 43.5 Å². The fourth-order valence-corrected chi connectivity index (χ4v) is 3.24. The van der Waals surface area contributed by atoms with Gasteiger partial charge in [0.05, 0.1) is 17.5 Å². The van der Waals surface area contributed by atoms with Crippen molar-refractivity contribution in [3.63, 3.8) is 0 Å². The highest BCUT2D eigenvalue weighted by Gasteiger charge is 2.22. The third kappa shape index (κ3) is 2.99. The van der Waals surface area contributed by atoms with Crippen LogP contribution in [-0.4, -0.2) is 33.7 Å². The fraction of sp³-hybridized carbons (Fsp3) is 0.529. The van der Waals surface area contributed by atoms with E-state index in [1.54, 1.807) is 0 Å². The molecule has 2 N–H and O–H groups in total. The molecule has 1 aliphatic rings. The van der Waals surface area contributed by atoms with E-state index in [0.29, 0.717) is 12.5 Å². The first-order valence-corrected chi connectivity index (χ1v) is 8.10. The van der Waals surface area contributed by atoms with E-state index in [1.165, 1.54) is 5.56 Å². The molecular formula is C17H23N3O2. The predicted molar refractivity (Wildman–Crippen MR) is 86.2 cm³/mol. The molecule has 3 rings (SSSR count). The van der Waals surface area contributed by atoms with Crippen molar-refractivity contribution in [1.82, 2.24) is 14.9 Å². The minimum atomic E-state index is -0.764. The topological polar surface area (TPSA) is 67.2 Å². The predicted octanol–water partition coefficient (Wildman–Crippen LogP) is 2.54.